The second-order valence-corrected chi connectivity index (χ2v) is 11.6. The van der Waals surface area contributed by atoms with E-state index in [-0.39, 0.29) is 22.3 Å². The van der Waals surface area contributed by atoms with Crippen LogP contribution in [0.2, 0.25) is 0 Å². The molecule has 6 rings (SSSR count). The van der Waals surface area contributed by atoms with Crippen LogP contribution in [0.5, 0.6) is 5.75 Å². The minimum atomic E-state index is -1.00. The van der Waals surface area contributed by atoms with Crippen LogP contribution in [0, 0.1) is 5.82 Å². The number of fused-ring (bicyclic) bond motifs is 1. The number of ketones is 1. The molecule has 1 aliphatic heterocycles. The zero-order valence-corrected chi connectivity index (χ0v) is 24.0. The lowest BCUT2D eigenvalue weighted by Crippen LogP contribution is -2.31. The molecule has 0 bridgehead atoms. The normalized spacial score (nSPS) is 15.1. The highest BCUT2D eigenvalue weighted by atomic mass is 32.2. The van der Waals surface area contributed by atoms with E-state index in [1.807, 2.05) is 19.1 Å². The Balaban J connectivity index is 1.36. The lowest BCUT2D eigenvalue weighted by molar-refractivity contribution is -0.117. The number of Topliss-reactive ketones (excluding diaryl/α,β-unsaturated/α-hetero) is 1. The smallest absolute Gasteiger partial charge is 0.296 e. The molecule has 1 unspecified atom stereocenters. The summed E-state index contributed by atoms with van der Waals surface area (Å²) in [5.41, 5.74) is 1.46. The van der Waals surface area contributed by atoms with Gasteiger partial charge in [0.1, 0.15) is 17.1 Å². The topological polar surface area (TPSA) is 106 Å². The van der Waals surface area contributed by atoms with Gasteiger partial charge in [-0.15, -0.1) is 10.2 Å². The molecule has 0 radical (unpaired) electrons. The summed E-state index contributed by atoms with van der Waals surface area (Å²) in [5, 5.41) is 20.4. The van der Waals surface area contributed by atoms with Gasteiger partial charge >= 0.3 is 0 Å². The van der Waals surface area contributed by atoms with Gasteiger partial charge < -0.3 is 14.3 Å². The summed E-state index contributed by atoms with van der Waals surface area (Å²) in [4.78, 5) is 28.7. The van der Waals surface area contributed by atoms with E-state index in [4.69, 9.17) is 9.15 Å². The molecule has 1 amide bonds. The maximum atomic E-state index is 14.1. The number of furan rings is 1. The third-order valence-electron chi connectivity index (χ3n) is 6.68. The van der Waals surface area contributed by atoms with Gasteiger partial charge in [-0.1, -0.05) is 78.6 Å². The van der Waals surface area contributed by atoms with E-state index in [0.29, 0.717) is 39.2 Å². The standard InChI is InChI=1S/C31H24FN3O5S2/c1-2-15-39-21-13-11-18(12-14-21)26-25(27(36)24-16-19-7-4-6-10-23(19)40-24)28(37)29(38)35(26)30-33-34-31(42-30)41-17-20-8-3-5-9-22(20)32/h3-14,16,26,37H,2,15,17H2,1H3. The van der Waals surface area contributed by atoms with Crippen LogP contribution in [-0.4, -0.2) is 33.6 Å². The van der Waals surface area contributed by atoms with E-state index in [1.165, 1.54) is 22.7 Å². The van der Waals surface area contributed by atoms with E-state index >= 15 is 0 Å². The van der Waals surface area contributed by atoms with Gasteiger partial charge in [-0.05, 0) is 47.9 Å². The van der Waals surface area contributed by atoms with Gasteiger partial charge in [0.05, 0.1) is 18.2 Å². The minimum absolute atomic E-state index is 0.00121. The number of rotatable bonds is 10. The van der Waals surface area contributed by atoms with E-state index in [2.05, 4.69) is 10.2 Å². The molecule has 0 aliphatic carbocycles. The lowest BCUT2D eigenvalue weighted by atomic mass is 9.95. The Morgan fingerprint density at radius 3 is 2.62 bits per heavy atom. The van der Waals surface area contributed by atoms with Crippen molar-refractivity contribution in [3.8, 4) is 5.75 Å². The van der Waals surface area contributed by atoms with Crippen LogP contribution >= 0.6 is 23.1 Å². The van der Waals surface area contributed by atoms with Crippen LogP contribution in [0.4, 0.5) is 9.52 Å². The highest BCUT2D eigenvalue weighted by Crippen LogP contribution is 2.44. The minimum Gasteiger partial charge on any atom is -0.503 e. The van der Waals surface area contributed by atoms with Crippen molar-refractivity contribution in [1.29, 1.82) is 0 Å². The van der Waals surface area contributed by atoms with E-state index in [1.54, 1.807) is 60.7 Å². The molecule has 1 atom stereocenters. The van der Waals surface area contributed by atoms with Gasteiger partial charge in [0.2, 0.25) is 10.9 Å². The Morgan fingerprint density at radius 1 is 1.10 bits per heavy atom. The van der Waals surface area contributed by atoms with Crippen molar-refractivity contribution in [2.45, 2.75) is 29.5 Å². The van der Waals surface area contributed by atoms with Crippen molar-refractivity contribution in [2.75, 3.05) is 11.5 Å². The third-order valence-corrected chi connectivity index (χ3v) is 8.79. The van der Waals surface area contributed by atoms with Gasteiger partial charge in [0, 0.05) is 11.1 Å². The number of amides is 1. The number of anilines is 1. The van der Waals surface area contributed by atoms with Crippen LogP contribution in [0.3, 0.4) is 0 Å². The Morgan fingerprint density at radius 2 is 1.86 bits per heavy atom. The number of hydrogen-bond acceptors (Lipinski definition) is 9. The molecular weight excluding hydrogens is 577 g/mol. The maximum Gasteiger partial charge on any atom is 0.296 e. The first-order chi connectivity index (χ1) is 20.4. The van der Waals surface area contributed by atoms with Gasteiger partial charge in [-0.3, -0.25) is 14.5 Å². The summed E-state index contributed by atoms with van der Waals surface area (Å²) in [6.45, 7) is 2.55. The monoisotopic (exact) mass is 601 g/mol. The highest BCUT2D eigenvalue weighted by molar-refractivity contribution is 8.00. The number of carbonyl (C=O) groups excluding carboxylic acids is 2. The molecule has 212 valence electrons. The number of para-hydroxylation sites is 1. The average Bonchev–Trinajstić information content (AvgIpc) is 3.72. The first-order valence-electron chi connectivity index (χ1n) is 13.2. The average molecular weight is 602 g/mol. The summed E-state index contributed by atoms with van der Waals surface area (Å²) in [6, 6.07) is 21.2. The van der Waals surface area contributed by atoms with Crippen molar-refractivity contribution in [3.05, 3.63) is 113 Å². The molecule has 0 spiro atoms. The van der Waals surface area contributed by atoms with Crippen LogP contribution in [0.25, 0.3) is 11.0 Å². The summed E-state index contributed by atoms with van der Waals surface area (Å²) < 4.78 is 26.1. The van der Waals surface area contributed by atoms with Gasteiger partial charge in [0.25, 0.3) is 5.91 Å². The van der Waals surface area contributed by atoms with Crippen LogP contribution < -0.4 is 9.64 Å². The van der Waals surface area contributed by atoms with E-state index in [9.17, 15) is 19.1 Å². The zero-order valence-electron chi connectivity index (χ0n) is 22.3. The van der Waals surface area contributed by atoms with E-state index in [0.717, 1.165) is 23.1 Å². The second-order valence-electron chi connectivity index (χ2n) is 9.47. The molecule has 3 heterocycles. The molecule has 42 heavy (non-hydrogen) atoms. The van der Waals surface area contributed by atoms with E-state index < -0.39 is 23.5 Å². The molecule has 5 aromatic rings. The van der Waals surface area contributed by atoms with Crippen molar-refractivity contribution in [2.24, 2.45) is 0 Å². The fraction of sp³-hybridized carbons (Fsp3) is 0.161. The molecule has 1 aliphatic rings. The maximum absolute atomic E-state index is 14.1. The number of aliphatic hydroxyl groups excluding tert-OH is 1. The van der Waals surface area contributed by atoms with Crippen molar-refractivity contribution in [1.82, 2.24) is 10.2 Å². The van der Waals surface area contributed by atoms with Crippen molar-refractivity contribution < 1.29 is 28.2 Å². The predicted octanol–water partition coefficient (Wildman–Crippen LogP) is 7.29. The quantitative estimate of drug-likeness (QED) is 0.101. The number of aromatic nitrogens is 2. The fourth-order valence-corrected chi connectivity index (χ4v) is 6.51. The first kappa shape index (κ1) is 27.7. The largest absolute Gasteiger partial charge is 0.503 e. The summed E-state index contributed by atoms with van der Waals surface area (Å²) >= 11 is 2.39. The van der Waals surface area contributed by atoms with Gasteiger partial charge in [0.15, 0.2) is 15.9 Å². The Labute approximate surface area is 248 Å². The number of carbonyl (C=O) groups is 2. The number of benzene rings is 3. The summed E-state index contributed by atoms with van der Waals surface area (Å²) in [7, 11) is 0. The number of ether oxygens (including phenoxy) is 1. The molecule has 3 aromatic carbocycles. The van der Waals surface area contributed by atoms with Crippen LogP contribution in [0.1, 0.15) is 41.1 Å². The molecule has 8 nitrogen and oxygen atoms in total. The lowest BCUT2D eigenvalue weighted by Gasteiger charge is -2.24. The number of nitrogens with zero attached hydrogens (tertiary/aromatic N) is 3. The Hall–Kier alpha value is -4.48. The fourth-order valence-electron chi connectivity index (χ4n) is 4.66. The molecule has 11 heteroatoms. The molecule has 0 saturated heterocycles. The van der Waals surface area contributed by atoms with Gasteiger partial charge in [-0.2, -0.15) is 0 Å². The Kier molecular flexibility index (Phi) is 7.77. The third kappa shape index (κ3) is 5.28. The summed E-state index contributed by atoms with van der Waals surface area (Å²) in [6.07, 6.45) is 0.841. The zero-order chi connectivity index (χ0) is 29.2. The Bertz CT molecular complexity index is 1780. The molecule has 2 aromatic heterocycles. The molecule has 0 fully saturated rings. The number of aliphatic hydroxyl groups is 1. The highest BCUT2D eigenvalue weighted by Gasteiger charge is 2.46. The number of halogens is 1. The first-order valence-corrected chi connectivity index (χ1v) is 15.0. The van der Waals surface area contributed by atoms with Crippen molar-refractivity contribution >= 4 is 50.9 Å². The predicted molar refractivity (Wildman–Crippen MR) is 159 cm³/mol. The summed E-state index contributed by atoms with van der Waals surface area (Å²) in [5.74, 6) is -1.46. The van der Waals surface area contributed by atoms with Crippen LogP contribution in [-0.2, 0) is 10.5 Å². The second kappa shape index (κ2) is 11.8. The molecule has 1 N–H and O–H groups in total. The van der Waals surface area contributed by atoms with Crippen molar-refractivity contribution in [3.63, 3.8) is 0 Å². The van der Waals surface area contributed by atoms with Crippen LogP contribution in [0.15, 0.2) is 99.0 Å². The number of thioether (sulfide) groups is 1. The molecular formula is C31H24FN3O5S2. The van der Waals surface area contributed by atoms with Gasteiger partial charge in [-0.25, -0.2) is 4.39 Å². The SMILES string of the molecule is CCCOc1ccc(C2C(C(=O)c3cc4ccccc4o3)=C(O)C(=O)N2c2nnc(SCc3ccccc3F)s2)cc1. The number of hydrogen-bond donors (Lipinski definition) is 1. The molecule has 0 saturated carbocycles.